The van der Waals surface area contributed by atoms with Crippen molar-refractivity contribution in [2.75, 3.05) is 0 Å². The van der Waals surface area contributed by atoms with E-state index in [9.17, 15) is 0 Å². The molecule has 0 aliphatic rings. The Labute approximate surface area is 102 Å². The summed E-state index contributed by atoms with van der Waals surface area (Å²) in [6.07, 6.45) is 0.772. The average Bonchev–Trinajstić information content (AvgIpc) is 1.88. The van der Waals surface area contributed by atoms with Gasteiger partial charge in [-0.25, -0.2) is 24.5 Å². The van der Waals surface area contributed by atoms with Gasteiger partial charge in [-0.1, -0.05) is 26.7 Å². The minimum atomic E-state index is 0. The molecule has 0 heterocycles. The molecule has 1 unspecified atom stereocenters. The van der Waals surface area contributed by atoms with Crippen LogP contribution in [-0.4, -0.2) is 6.04 Å². The maximum Gasteiger partial charge on any atom is 0 e. The molecule has 0 saturated carbocycles. The summed E-state index contributed by atoms with van der Waals surface area (Å²) in [5.41, 5.74) is 8.09. The van der Waals surface area contributed by atoms with Gasteiger partial charge in [0.25, 0.3) is 0 Å². The quantitative estimate of drug-likeness (QED) is 0.755. The summed E-state index contributed by atoms with van der Waals surface area (Å²) in [6.45, 7) is 14.1. The first-order valence-corrected chi connectivity index (χ1v) is 4.10. The van der Waals surface area contributed by atoms with Gasteiger partial charge in [0.15, 0.2) is 0 Å². The molecule has 2 N–H and O–H groups in total. The molecule has 0 saturated heterocycles. The Hall–Kier alpha value is 0.674. The Morgan fingerprint density at radius 2 is 1.75 bits per heavy atom. The van der Waals surface area contributed by atoms with E-state index >= 15 is 0 Å². The van der Waals surface area contributed by atoms with Crippen LogP contribution in [0.4, 0.5) is 0 Å². The van der Waals surface area contributed by atoms with Crippen molar-refractivity contribution in [3.8, 4) is 0 Å². The molecule has 1 atom stereocenters. The van der Waals surface area contributed by atoms with Crippen molar-refractivity contribution in [3.05, 3.63) is 25.0 Å². The molecule has 1 nitrogen and oxygen atoms in total. The van der Waals surface area contributed by atoms with Crippen LogP contribution in [0, 0.1) is 19.8 Å². The minimum Gasteiger partial charge on any atom is -0.356 e. The van der Waals surface area contributed by atoms with E-state index in [1.165, 1.54) is 5.57 Å². The Balaban J connectivity index is 0. The first-order valence-electron chi connectivity index (χ1n) is 4.10. The van der Waals surface area contributed by atoms with Crippen LogP contribution < -0.4 is 5.73 Å². The topological polar surface area (TPSA) is 26.0 Å². The van der Waals surface area contributed by atoms with Crippen LogP contribution in [-0.2, 0) is 32.7 Å². The normalized spacial score (nSPS) is 15.2. The summed E-state index contributed by atoms with van der Waals surface area (Å²) in [5.74, 6) is 0.484. The maximum atomic E-state index is 5.75. The smallest absolute Gasteiger partial charge is 0 e. The van der Waals surface area contributed by atoms with Crippen LogP contribution >= 0.6 is 0 Å². The molecule has 0 aromatic carbocycles. The Bertz CT molecular complexity index is 148. The molecule has 0 aromatic rings. The molecule has 0 aliphatic heterocycles. The van der Waals surface area contributed by atoms with E-state index in [0.717, 1.165) is 12.0 Å². The molecule has 0 aliphatic carbocycles. The van der Waals surface area contributed by atoms with Gasteiger partial charge in [-0.2, -0.15) is 0 Å². The Morgan fingerprint density at radius 1 is 1.33 bits per heavy atom. The van der Waals surface area contributed by atoms with Crippen molar-refractivity contribution in [2.24, 2.45) is 11.7 Å². The first kappa shape index (κ1) is 15.2. The van der Waals surface area contributed by atoms with Crippen LogP contribution in [0.5, 0.6) is 0 Å². The van der Waals surface area contributed by atoms with E-state index in [2.05, 4.69) is 27.7 Å². The summed E-state index contributed by atoms with van der Waals surface area (Å²) in [5, 5.41) is 0. The third-order valence-corrected chi connectivity index (χ3v) is 1.93. The zero-order valence-corrected chi connectivity index (χ0v) is 11.3. The van der Waals surface area contributed by atoms with Crippen molar-refractivity contribution >= 4 is 0 Å². The molecule has 0 rings (SSSR count). The van der Waals surface area contributed by atoms with Crippen LogP contribution in [0.3, 0.4) is 0 Å². The van der Waals surface area contributed by atoms with Crippen molar-refractivity contribution in [2.45, 2.75) is 33.2 Å². The average molecular weight is 242 g/mol. The Kier molecular flexibility index (Phi) is 8.99. The summed E-state index contributed by atoms with van der Waals surface area (Å²) in [4.78, 5) is 0. The van der Waals surface area contributed by atoms with Gasteiger partial charge in [0, 0.05) is 32.7 Å². The summed E-state index contributed by atoms with van der Waals surface area (Å²) >= 11 is 0. The van der Waals surface area contributed by atoms with Crippen LogP contribution in [0.1, 0.15) is 27.2 Å². The predicted molar refractivity (Wildman–Crippen MR) is 50.8 cm³/mol. The SMILES string of the molecule is [CH2-]C/C(=C(\[CH2-])C(C)C)C(C)N.[Y]. The van der Waals surface area contributed by atoms with Gasteiger partial charge in [0.05, 0.1) is 0 Å². The van der Waals surface area contributed by atoms with Crippen molar-refractivity contribution in [1.82, 2.24) is 0 Å². The van der Waals surface area contributed by atoms with Gasteiger partial charge in [-0.05, 0) is 6.04 Å². The van der Waals surface area contributed by atoms with Gasteiger partial charge in [0.2, 0.25) is 0 Å². The van der Waals surface area contributed by atoms with Crippen molar-refractivity contribution in [3.63, 3.8) is 0 Å². The molecule has 0 spiro atoms. The zero-order valence-electron chi connectivity index (χ0n) is 8.43. The monoisotopic (exact) mass is 242 g/mol. The van der Waals surface area contributed by atoms with Gasteiger partial charge in [-0.15, -0.1) is 0 Å². The molecule has 0 amide bonds. The van der Waals surface area contributed by atoms with Crippen LogP contribution in [0.2, 0.25) is 0 Å². The van der Waals surface area contributed by atoms with E-state index in [1.807, 2.05) is 6.92 Å². The van der Waals surface area contributed by atoms with Gasteiger partial charge in [-0.3, -0.25) is 0 Å². The van der Waals surface area contributed by atoms with Crippen molar-refractivity contribution < 1.29 is 32.7 Å². The third kappa shape index (κ3) is 4.64. The standard InChI is InChI=1S/C10H19N.Y/c1-6-10(9(5)11)8(4)7(2)3;/h7,9H,1,4,6,11H2,2-3,5H3;/q-2;/b10-8-;. The third-order valence-electron chi connectivity index (χ3n) is 1.93. The molecular weight excluding hydrogens is 223 g/mol. The second kappa shape index (κ2) is 7.11. The molecule has 12 heavy (non-hydrogen) atoms. The van der Waals surface area contributed by atoms with E-state index in [1.54, 1.807) is 0 Å². The molecule has 0 bridgehead atoms. The second-order valence-electron chi connectivity index (χ2n) is 3.24. The van der Waals surface area contributed by atoms with Gasteiger partial charge in [0.1, 0.15) is 0 Å². The number of allylic oxidation sites excluding steroid dienone is 1. The minimum absolute atomic E-state index is 0. The second-order valence-corrected chi connectivity index (χ2v) is 3.24. The number of hydrogen-bond donors (Lipinski definition) is 1. The van der Waals surface area contributed by atoms with E-state index in [0.29, 0.717) is 5.92 Å². The molecule has 2 heteroatoms. The van der Waals surface area contributed by atoms with Crippen molar-refractivity contribution in [1.29, 1.82) is 0 Å². The van der Waals surface area contributed by atoms with E-state index in [4.69, 9.17) is 5.73 Å². The summed E-state index contributed by atoms with van der Waals surface area (Å²) in [7, 11) is 0. The molecule has 1 radical (unpaired) electrons. The van der Waals surface area contributed by atoms with Crippen LogP contribution in [0.25, 0.3) is 0 Å². The van der Waals surface area contributed by atoms with E-state index < -0.39 is 0 Å². The largest absolute Gasteiger partial charge is 0.356 e. The molecular formula is C10H19NY-2. The van der Waals surface area contributed by atoms with Gasteiger partial charge >= 0.3 is 0 Å². The summed E-state index contributed by atoms with van der Waals surface area (Å²) in [6, 6.07) is 0.0994. The fourth-order valence-corrected chi connectivity index (χ4v) is 1.05. The number of rotatable bonds is 3. The molecule has 0 fully saturated rings. The number of nitrogens with two attached hydrogens (primary N) is 1. The zero-order chi connectivity index (χ0) is 9.02. The fraction of sp³-hybridized carbons (Fsp3) is 0.600. The fourth-order valence-electron chi connectivity index (χ4n) is 1.05. The summed E-state index contributed by atoms with van der Waals surface area (Å²) < 4.78 is 0. The maximum absolute atomic E-state index is 5.75. The Morgan fingerprint density at radius 3 is 1.83 bits per heavy atom. The predicted octanol–water partition coefficient (Wildman–Crippen LogP) is 2.34. The van der Waals surface area contributed by atoms with Crippen LogP contribution in [0.15, 0.2) is 11.1 Å². The first-order chi connectivity index (χ1) is 5.00. The van der Waals surface area contributed by atoms with Gasteiger partial charge < -0.3 is 12.7 Å². The molecule has 0 aromatic heterocycles. The number of hydrogen-bond acceptors (Lipinski definition) is 1. The molecule has 69 valence electrons. The van der Waals surface area contributed by atoms with E-state index in [-0.39, 0.29) is 38.8 Å².